The molecule has 0 bridgehead atoms. The monoisotopic (exact) mass is 558 g/mol. The van der Waals surface area contributed by atoms with Crippen LogP contribution in [0.1, 0.15) is 105 Å². The highest BCUT2D eigenvalue weighted by Crippen LogP contribution is 2.36. The SMILES string of the molecule is CC(C)c1cc(-c2ccc(C3CCCCC3)cc2)cc(C(C)C)c1CC(=O)NS(=O)c1ccc(CN(C)C)cc1. The summed E-state index contributed by atoms with van der Waals surface area (Å²) in [5.41, 5.74) is 8.46. The summed E-state index contributed by atoms with van der Waals surface area (Å²) in [6.45, 7) is 9.55. The van der Waals surface area contributed by atoms with Crippen molar-refractivity contribution in [3.63, 3.8) is 0 Å². The number of hydrogen-bond donors (Lipinski definition) is 1. The molecule has 3 aromatic rings. The molecule has 40 heavy (non-hydrogen) atoms. The molecule has 1 fully saturated rings. The van der Waals surface area contributed by atoms with Crippen molar-refractivity contribution in [3.05, 3.63) is 88.5 Å². The van der Waals surface area contributed by atoms with Crippen LogP contribution in [0.15, 0.2) is 65.6 Å². The van der Waals surface area contributed by atoms with Crippen LogP contribution in [0.5, 0.6) is 0 Å². The van der Waals surface area contributed by atoms with Gasteiger partial charge in [0.15, 0.2) is 11.0 Å². The second-order valence-corrected chi connectivity index (χ2v) is 13.5. The van der Waals surface area contributed by atoms with Gasteiger partial charge in [0.05, 0.1) is 11.3 Å². The van der Waals surface area contributed by atoms with Crippen LogP contribution in [0.4, 0.5) is 0 Å². The zero-order valence-electron chi connectivity index (χ0n) is 25.1. The molecular formula is C35H46N2O2S. The quantitative estimate of drug-likeness (QED) is 0.274. The number of carbonyl (C=O) groups is 1. The van der Waals surface area contributed by atoms with Crippen molar-refractivity contribution in [1.82, 2.24) is 9.62 Å². The lowest BCUT2D eigenvalue weighted by molar-refractivity contribution is -0.118. The minimum Gasteiger partial charge on any atom is -0.305 e. The van der Waals surface area contributed by atoms with E-state index in [9.17, 15) is 9.00 Å². The summed E-state index contributed by atoms with van der Waals surface area (Å²) in [6, 6.07) is 21.3. The molecule has 1 atom stereocenters. The van der Waals surface area contributed by atoms with E-state index in [0.29, 0.717) is 10.8 Å². The van der Waals surface area contributed by atoms with Crippen molar-refractivity contribution < 1.29 is 9.00 Å². The molecule has 214 valence electrons. The van der Waals surface area contributed by atoms with E-state index < -0.39 is 11.0 Å². The lowest BCUT2D eigenvalue weighted by atomic mass is 9.82. The van der Waals surface area contributed by atoms with Gasteiger partial charge >= 0.3 is 0 Å². The Kier molecular flexibility index (Phi) is 10.4. The summed E-state index contributed by atoms with van der Waals surface area (Å²) in [4.78, 5) is 15.9. The molecule has 1 amide bonds. The molecule has 4 rings (SSSR count). The Balaban J connectivity index is 1.55. The molecule has 1 N–H and O–H groups in total. The molecule has 1 aliphatic carbocycles. The van der Waals surface area contributed by atoms with Gasteiger partial charge in [-0.3, -0.25) is 9.52 Å². The van der Waals surface area contributed by atoms with Crippen LogP contribution in [0, 0.1) is 0 Å². The van der Waals surface area contributed by atoms with E-state index in [2.05, 4.69) is 73.7 Å². The van der Waals surface area contributed by atoms with Crippen LogP contribution >= 0.6 is 0 Å². The van der Waals surface area contributed by atoms with E-state index in [1.54, 1.807) is 0 Å². The van der Waals surface area contributed by atoms with Crippen LogP contribution in [0.25, 0.3) is 11.1 Å². The zero-order chi connectivity index (χ0) is 28.8. The van der Waals surface area contributed by atoms with E-state index in [1.807, 2.05) is 38.4 Å². The predicted octanol–water partition coefficient (Wildman–Crippen LogP) is 8.09. The van der Waals surface area contributed by atoms with Gasteiger partial charge in [0.1, 0.15) is 0 Å². The first kappa shape index (κ1) is 30.2. The second-order valence-electron chi connectivity index (χ2n) is 12.3. The van der Waals surface area contributed by atoms with Gasteiger partial charge in [-0.25, -0.2) is 4.21 Å². The van der Waals surface area contributed by atoms with E-state index in [1.165, 1.54) is 59.9 Å². The van der Waals surface area contributed by atoms with Gasteiger partial charge in [-0.1, -0.05) is 95.5 Å². The molecular weight excluding hydrogens is 512 g/mol. The van der Waals surface area contributed by atoms with Gasteiger partial charge in [0, 0.05) is 6.54 Å². The highest BCUT2D eigenvalue weighted by atomic mass is 32.2. The molecule has 0 radical (unpaired) electrons. The standard InChI is InChI=1S/C35H46N2O2S/c1-24(2)32-20-30(29-16-14-28(15-17-29)27-10-8-7-9-11-27)21-33(25(3)4)34(32)22-35(38)36-40(39)31-18-12-26(13-19-31)23-37(5)6/h12-21,24-25,27H,7-11,22-23H2,1-6H3,(H,36,38). The maximum Gasteiger partial charge on any atom is 0.236 e. The lowest BCUT2D eigenvalue weighted by Crippen LogP contribution is -2.28. The zero-order valence-corrected chi connectivity index (χ0v) is 25.9. The average Bonchev–Trinajstić information content (AvgIpc) is 2.93. The third-order valence-corrected chi connectivity index (χ3v) is 9.18. The minimum absolute atomic E-state index is 0.215. The van der Waals surface area contributed by atoms with Crippen molar-refractivity contribution in [3.8, 4) is 11.1 Å². The van der Waals surface area contributed by atoms with Crippen molar-refractivity contribution in [2.75, 3.05) is 14.1 Å². The summed E-state index contributed by atoms with van der Waals surface area (Å²) < 4.78 is 15.7. The number of benzene rings is 3. The van der Waals surface area contributed by atoms with Crippen molar-refractivity contribution in [1.29, 1.82) is 0 Å². The number of amides is 1. The van der Waals surface area contributed by atoms with Crippen LogP contribution in [0.3, 0.4) is 0 Å². The molecule has 0 aromatic heterocycles. The first-order valence-corrected chi connectivity index (χ1v) is 16.0. The molecule has 1 saturated carbocycles. The number of rotatable bonds is 10. The number of nitrogens with one attached hydrogen (secondary N) is 1. The van der Waals surface area contributed by atoms with Gasteiger partial charge < -0.3 is 4.90 Å². The first-order valence-electron chi connectivity index (χ1n) is 14.8. The molecule has 1 aliphatic rings. The minimum atomic E-state index is -1.59. The van der Waals surface area contributed by atoms with E-state index in [-0.39, 0.29) is 24.2 Å². The summed E-state index contributed by atoms with van der Waals surface area (Å²) in [6.07, 6.45) is 6.87. The van der Waals surface area contributed by atoms with Gasteiger partial charge in [-0.15, -0.1) is 0 Å². The summed E-state index contributed by atoms with van der Waals surface area (Å²) >= 11 is 0. The maximum atomic E-state index is 13.2. The Morgan fingerprint density at radius 2 is 1.43 bits per heavy atom. The molecule has 0 aliphatic heterocycles. The van der Waals surface area contributed by atoms with Crippen LogP contribution in [-0.4, -0.2) is 29.1 Å². The van der Waals surface area contributed by atoms with Gasteiger partial charge in [0.2, 0.25) is 5.91 Å². The first-order chi connectivity index (χ1) is 19.1. The highest BCUT2D eigenvalue weighted by molar-refractivity contribution is 7.83. The Morgan fingerprint density at radius 3 is 1.95 bits per heavy atom. The summed E-state index contributed by atoms with van der Waals surface area (Å²) in [5.74, 6) is 1.000. The third kappa shape index (κ3) is 7.70. The fourth-order valence-electron chi connectivity index (χ4n) is 5.94. The van der Waals surface area contributed by atoms with Crippen molar-refractivity contribution >= 4 is 16.9 Å². The van der Waals surface area contributed by atoms with Crippen molar-refractivity contribution in [2.45, 2.75) is 95.4 Å². The number of carbonyl (C=O) groups excluding carboxylic acids is 1. The average molecular weight is 559 g/mol. The Morgan fingerprint density at radius 1 is 0.850 bits per heavy atom. The fraction of sp³-hybridized carbons (Fsp3) is 0.457. The largest absolute Gasteiger partial charge is 0.305 e. The fourth-order valence-corrected chi connectivity index (χ4v) is 6.72. The lowest BCUT2D eigenvalue weighted by Gasteiger charge is -2.23. The molecule has 0 spiro atoms. The summed E-state index contributed by atoms with van der Waals surface area (Å²) in [5, 5.41) is 0. The molecule has 3 aromatic carbocycles. The topological polar surface area (TPSA) is 49.4 Å². The molecule has 1 unspecified atom stereocenters. The van der Waals surface area contributed by atoms with E-state index >= 15 is 0 Å². The van der Waals surface area contributed by atoms with Gasteiger partial charge in [0.25, 0.3) is 0 Å². The smallest absolute Gasteiger partial charge is 0.236 e. The maximum absolute atomic E-state index is 13.2. The van der Waals surface area contributed by atoms with E-state index in [0.717, 1.165) is 17.7 Å². The van der Waals surface area contributed by atoms with Crippen molar-refractivity contribution in [2.24, 2.45) is 0 Å². The van der Waals surface area contributed by atoms with Gasteiger partial charge in [-0.05, 0) is 95.8 Å². The Hall–Kier alpha value is -2.76. The Labute approximate surface area is 244 Å². The molecule has 5 heteroatoms. The van der Waals surface area contributed by atoms with Gasteiger partial charge in [-0.2, -0.15) is 0 Å². The van der Waals surface area contributed by atoms with Crippen LogP contribution < -0.4 is 4.72 Å². The number of nitrogens with zero attached hydrogens (tertiary/aromatic N) is 1. The summed E-state index contributed by atoms with van der Waals surface area (Å²) in [7, 11) is 2.44. The molecule has 4 nitrogen and oxygen atoms in total. The van der Waals surface area contributed by atoms with Crippen LogP contribution in [0.2, 0.25) is 0 Å². The molecule has 0 heterocycles. The van der Waals surface area contributed by atoms with E-state index in [4.69, 9.17) is 0 Å². The molecule has 0 saturated heterocycles. The number of hydrogen-bond acceptors (Lipinski definition) is 3. The highest BCUT2D eigenvalue weighted by Gasteiger charge is 2.21. The normalized spacial score (nSPS) is 15.1. The Bertz CT molecular complexity index is 1280. The van der Waals surface area contributed by atoms with Crippen LogP contribution in [-0.2, 0) is 28.7 Å². The third-order valence-electron chi connectivity index (χ3n) is 8.06. The second kappa shape index (κ2) is 13.7. The predicted molar refractivity (Wildman–Crippen MR) is 168 cm³/mol.